The molecule has 1 fully saturated rings. The number of nitrogens with one attached hydrogen (secondary N) is 1. The fraction of sp³-hybridized carbons (Fsp3) is 0.562. The number of fused-ring (bicyclic) bond motifs is 1. The number of benzene rings is 1. The topological polar surface area (TPSA) is 45.1 Å². The fourth-order valence-electron chi connectivity index (χ4n) is 3.12. The Morgan fingerprint density at radius 1 is 1.20 bits per heavy atom. The third-order valence-electron chi connectivity index (χ3n) is 4.36. The molecular weight excluding hydrogens is 268 g/mol. The first-order valence-corrected chi connectivity index (χ1v) is 8.29. The Hall–Kier alpha value is -0.970. The largest absolute Gasteiger partial charge is 0.396 e. The van der Waals surface area contributed by atoms with Gasteiger partial charge in [-0.1, -0.05) is 31.4 Å². The molecule has 0 radical (unpaired) electrons. The summed E-state index contributed by atoms with van der Waals surface area (Å²) in [5.41, 5.74) is 1.19. The van der Waals surface area contributed by atoms with Crippen LogP contribution in [-0.2, 0) is 6.54 Å². The van der Waals surface area contributed by atoms with Crippen LogP contribution in [0.5, 0.6) is 0 Å². The lowest BCUT2D eigenvalue weighted by molar-refractivity contribution is 0.0810. The number of thiazole rings is 1. The third-order valence-corrected chi connectivity index (χ3v) is 5.40. The molecule has 1 aromatic carbocycles. The van der Waals surface area contributed by atoms with Crippen molar-refractivity contribution in [1.29, 1.82) is 0 Å². The lowest BCUT2D eigenvalue weighted by Crippen LogP contribution is -2.38. The monoisotopic (exact) mass is 290 g/mol. The maximum absolute atomic E-state index is 9.70. The first-order chi connectivity index (χ1) is 9.81. The second kappa shape index (κ2) is 6.20. The minimum absolute atomic E-state index is 0.106. The highest BCUT2D eigenvalue weighted by atomic mass is 32.1. The summed E-state index contributed by atoms with van der Waals surface area (Å²) in [4.78, 5) is 4.64. The van der Waals surface area contributed by atoms with E-state index in [0.717, 1.165) is 36.5 Å². The molecule has 4 heteroatoms. The van der Waals surface area contributed by atoms with Gasteiger partial charge in [0.1, 0.15) is 5.01 Å². The van der Waals surface area contributed by atoms with Gasteiger partial charge in [-0.15, -0.1) is 11.3 Å². The van der Waals surface area contributed by atoms with E-state index >= 15 is 0 Å². The van der Waals surface area contributed by atoms with Crippen LogP contribution in [-0.4, -0.2) is 23.2 Å². The van der Waals surface area contributed by atoms with Crippen LogP contribution in [0.25, 0.3) is 10.2 Å². The van der Waals surface area contributed by atoms with Gasteiger partial charge in [0.05, 0.1) is 10.2 Å². The van der Waals surface area contributed by atoms with Gasteiger partial charge in [-0.25, -0.2) is 4.98 Å². The number of rotatable bonds is 5. The van der Waals surface area contributed by atoms with Gasteiger partial charge in [-0.3, -0.25) is 0 Å². The molecule has 1 aromatic heterocycles. The van der Waals surface area contributed by atoms with E-state index in [2.05, 4.69) is 28.5 Å². The fourth-order valence-corrected chi connectivity index (χ4v) is 4.06. The molecule has 3 rings (SSSR count). The van der Waals surface area contributed by atoms with Gasteiger partial charge in [0.15, 0.2) is 0 Å². The molecule has 2 N–H and O–H groups in total. The molecule has 2 aromatic rings. The summed E-state index contributed by atoms with van der Waals surface area (Å²) >= 11 is 1.75. The standard InChI is InChI=1S/C16H22N2OS/c19-12-16(8-4-1-5-9-16)11-17-10-15-18-13-6-2-3-7-14(13)20-15/h2-3,6-7,17,19H,1,4-5,8-12H2. The number of para-hydroxylation sites is 1. The number of aromatic nitrogens is 1. The van der Waals surface area contributed by atoms with Gasteiger partial charge in [-0.2, -0.15) is 0 Å². The van der Waals surface area contributed by atoms with Crippen molar-refractivity contribution in [3.63, 3.8) is 0 Å². The highest BCUT2D eigenvalue weighted by Gasteiger charge is 2.30. The zero-order valence-corrected chi connectivity index (χ0v) is 12.6. The molecule has 0 atom stereocenters. The SMILES string of the molecule is OCC1(CNCc2nc3ccccc3s2)CCCCC1. The van der Waals surface area contributed by atoms with Gasteiger partial charge < -0.3 is 10.4 Å². The van der Waals surface area contributed by atoms with Crippen LogP contribution < -0.4 is 5.32 Å². The normalized spacial score (nSPS) is 18.4. The summed E-state index contributed by atoms with van der Waals surface area (Å²) in [6, 6.07) is 8.26. The minimum Gasteiger partial charge on any atom is -0.396 e. The van der Waals surface area contributed by atoms with Crippen LogP contribution >= 0.6 is 11.3 Å². The molecular formula is C16H22N2OS. The van der Waals surface area contributed by atoms with Crippen LogP contribution in [0, 0.1) is 5.41 Å². The molecule has 20 heavy (non-hydrogen) atoms. The highest BCUT2D eigenvalue weighted by molar-refractivity contribution is 7.18. The van der Waals surface area contributed by atoms with Crippen molar-refractivity contribution in [2.24, 2.45) is 5.41 Å². The number of nitrogens with zero attached hydrogens (tertiary/aromatic N) is 1. The maximum atomic E-state index is 9.70. The quantitative estimate of drug-likeness (QED) is 0.888. The van der Waals surface area contributed by atoms with Crippen LogP contribution in [0.15, 0.2) is 24.3 Å². The van der Waals surface area contributed by atoms with E-state index in [1.54, 1.807) is 11.3 Å². The van der Waals surface area contributed by atoms with E-state index < -0.39 is 0 Å². The van der Waals surface area contributed by atoms with Crippen molar-refractivity contribution in [1.82, 2.24) is 10.3 Å². The molecule has 3 nitrogen and oxygen atoms in total. The van der Waals surface area contributed by atoms with Gasteiger partial charge in [0, 0.05) is 25.1 Å². The molecule has 1 aliphatic carbocycles. The zero-order valence-electron chi connectivity index (χ0n) is 11.8. The second-order valence-corrected chi connectivity index (χ2v) is 7.01. The van der Waals surface area contributed by atoms with Crippen molar-refractivity contribution in [2.75, 3.05) is 13.2 Å². The Bertz CT molecular complexity index is 527. The molecule has 1 aliphatic rings. The molecule has 0 bridgehead atoms. The van der Waals surface area contributed by atoms with Gasteiger partial charge in [-0.05, 0) is 25.0 Å². The van der Waals surface area contributed by atoms with E-state index in [9.17, 15) is 5.11 Å². The molecule has 108 valence electrons. The smallest absolute Gasteiger partial charge is 0.108 e. The van der Waals surface area contributed by atoms with Crippen molar-refractivity contribution >= 4 is 21.6 Å². The van der Waals surface area contributed by atoms with E-state index in [-0.39, 0.29) is 5.41 Å². The average molecular weight is 290 g/mol. The molecule has 0 saturated heterocycles. The van der Waals surface area contributed by atoms with Crippen molar-refractivity contribution in [2.45, 2.75) is 38.6 Å². The Balaban J connectivity index is 1.58. The molecule has 0 aliphatic heterocycles. The van der Waals surface area contributed by atoms with Crippen LogP contribution in [0.4, 0.5) is 0 Å². The van der Waals surface area contributed by atoms with E-state index in [4.69, 9.17) is 0 Å². The lowest BCUT2D eigenvalue weighted by atomic mass is 9.74. The van der Waals surface area contributed by atoms with Crippen molar-refractivity contribution in [3.8, 4) is 0 Å². The van der Waals surface area contributed by atoms with Gasteiger partial charge in [0.25, 0.3) is 0 Å². The van der Waals surface area contributed by atoms with Crippen molar-refractivity contribution < 1.29 is 5.11 Å². The summed E-state index contributed by atoms with van der Waals surface area (Å²) in [5, 5.41) is 14.3. The van der Waals surface area contributed by atoms with E-state index in [1.807, 2.05) is 6.07 Å². The van der Waals surface area contributed by atoms with Crippen LogP contribution in [0.3, 0.4) is 0 Å². The van der Waals surface area contributed by atoms with E-state index in [0.29, 0.717) is 6.61 Å². The Morgan fingerprint density at radius 3 is 2.75 bits per heavy atom. The second-order valence-electron chi connectivity index (χ2n) is 5.90. The van der Waals surface area contributed by atoms with E-state index in [1.165, 1.54) is 24.0 Å². The third kappa shape index (κ3) is 3.03. The predicted molar refractivity (Wildman–Crippen MR) is 83.9 cm³/mol. The maximum Gasteiger partial charge on any atom is 0.108 e. The molecule has 1 heterocycles. The van der Waals surface area contributed by atoms with Gasteiger partial charge >= 0.3 is 0 Å². The summed E-state index contributed by atoms with van der Waals surface area (Å²) in [6.07, 6.45) is 6.12. The summed E-state index contributed by atoms with van der Waals surface area (Å²) in [6.45, 7) is 2.01. The zero-order chi connectivity index (χ0) is 13.8. The van der Waals surface area contributed by atoms with Crippen LogP contribution in [0.2, 0.25) is 0 Å². The summed E-state index contributed by atoms with van der Waals surface area (Å²) in [7, 11) is 0. The summed E-state index contributed by atoms with van der Waals surface area (Å²) < 4.78 is 1.25. The Labute approximate surface area is 124 Å². The van der Waals surface area contributed by atoms with Crippen molar-refractivity contribution in [3.05, 3.63) is 29.3 Å². The van der Waals surface area contributed by atoms with Gasteiger partial charge in [0.2, 0.25) is 0 Å². The average Bonchev–Trinajstić information content (AvgIpc) is 2.91. The Kier molecular flexibility index (Phi) is 4.34. The number of aliphatic hydroxyl groups is 1. The lowest BCUT2D eigenvalue weighted by Gasteiger charge is -2.35. The molecule has 0 amide bonds. The highest BCUT2D eigenvalue weighted by Crippen LogP contribution is 2.35. The first kappa shape index (κ1) is 14.0. The molecule has 1 saturated carbocycles. The predicted octanol–water partition coefficient (Wildman–Crippen LogP) is 3.33. The molecule has 0 spiro atoms. The minimum atomic E-state index is 0.106. The summed E-state index contributed by atoms with van der Waals surface area (Å²) in [5.74, 6) is 0. The number of hydrogen-bond acceptors (Lipinski definition) is 4. The number of aliphatic hydroxyl groups excluding tert-OH is 1. The first-order valence-electron chi connectivity index (χ1n) is 7.47. The van der Waals surface area contributed by atoms with Crippen LogP contribution in [0.1, 0.15) is 37.1 Å². The Morgan fingerprint density at radius 2 is 2.00 bits per heavy atom. The number of hydrogen-bond donors (Lipinski definition) is 2. The molecule has 0 unspecified atom stereocenters.